The molecule has 2 aromatic rings. The van der Waals surface area contributed by atoms with E-state index in [0.717, 1.165) is 12.8 Å². The summed E-state index contributed by atoms with van der Waals surface area (Å²) in [7, 11) is 0. The van der Waals surface area contributed by atoms with Crippen LogP contribution in [0.15, 0.2) is 24.5 Å². The molecular formula is C17H19F3N6O3. The molecule has 156 valence electrons. The lowest BCUT2D eigenvalue weighted by Crippen LogP contribution is -2.42. The summed E-state index contributed by atoms with van der Waals surface area (Å²) in [6.07, 6.45) is -0.394. The standard InChI is InChI=1S/C17H19F3N6O3/c18-17(19,20)9-29-13-4-3-11(6-22-13)24-16(28)26-5-1-2-10(8-26)14-12(15(21)27)7-23-25-14/h3-4,6-7,10H,1-2,5,8-9H2,(H2,21,27)(H,23,25)(H,24,28). The third-order valence-corrected chi connectivity index (χ3v) is 4.42. The minimum absolute atomic E-state index is 0.115. The van der Waals surface area contributed by atoms with E-state index >= 15 is 0 Å². The average Bonchev–Trinajstić information content (AvgIpc) is 3.17. The van der Waals surface area contributed by atoms with Crippen LogP contribution in [0.2, 0.25) is 0 Å². The van der Waals surface area contributed by atoms with Crippen LogP contribution in [0.5, 0.6) is 5.88 Å². The minimum Gasteiger partial charge on any atom is -0.468 e. The topological polar surface area (TPSA) is 126 Å². The fraction of sp³-hybridized carbons (Fsp3) is 0.412. The summed E-state index contributed by atoms with van der Waals surface area (Å²) in [5.41, 5.74) is 6.57. The molecule has 1 saturated heterocycles. The van der Waals surface area contributed by atoms with Crippen LogP contribution < -0.4 is 15.8 Å². The number of nitrogens with two attached hydrogens (primary N) is 1. The second kappa shape index (κ2) is 8.37. The molecule has 0 saturated carbocycles. The Kier molecular flexibility index (Phi) is 5.89. The number of halogens is 3. The lowest BCUT2D eigenvalue weighted by Gasteiger charge is -2.32. The van der Waals surface area contributed by atoms with Crippen molar-refractivity contribution in [2.45, 2.75) is 24.9 Å². The Bertz CT molecular complexity index is 868. The number of nitrogens with zero attached hydrogens (tertiary/aromatic N) is 3. The maximum absolute atomic E-state index is 12.5. The Morgan fingerprint density at radius 3 is 2.79 bits per heavy atom. The number of amides is 3. The highest BCUT2D eigenvalue weighted by atomic mass is 19.4. The summed E-state index contributed by atoms with van der Waals surface area (Å²) in [6.45, 7) is -0.571. The van der Waals surface area contributed by atoms with Gasteiger partial charge < -0.3 is 20.7 Å². The first-order chi connectivity index (χ1) is 13.7. The van der Waals surface area contributed by atoms with Crippen molar-refractivity contribution in [3.8, 4) is 5.88 Å². The van der Waals surface area contributed by atoms with Crippen LogP contribution >= 0.6 is 0 Å². The molecule has 29 heavy (non-hydrogen) atoms. The molecule has 0 spiro atoms. The summed E-state index contributed by atoms with van der Waals surface area (Å²) in [5, 5.41) is 9.28. The molecule has 1 aliphatic rings. The van der Waals surface area contributed by atoms with Gasteiger partial charge in [0.25, 0.3) is 5.91 Å². The summed E-state index contributed by atoms with van der Waals surface area (Å²) >= 11 is 0. The van der Waals surface area contributed by atoms with Gasteiger partial charge in [-0.2, -0.15) is 18.3 Å². The van der Waals surface area contributed by atoms with Crippen LogP contribution in [0.4, 0.5) is 23.7 Å². The van der Waals surface area contributed by atoms with E-state index in [1.807, 2.05) is 0 Å². The molecule has 12 heteroatoms. The van der Waals surface area contributed by atoms with Crippen LogP contribution in [0.1, 0.15) is 34.8 Å². The summed E-state index contributed by atoms with van der Waals surface area (Å²) in [6, 6.07) is 2.25. The number of ether oxygens (including phenoxy) is 1. The van der Waals surface area contributed by atoms with Crippen molar-refractivity contribution in [2.24, 2.45) is 5.73 Å². The third kappa shape index (κ3) is 5.36. The number of aromatic nitrogens is 3. The lowest BCUT2D eigenvalue weighted by atomic mass is 9.92. The first kappa shape index (κ1) is 20.4. The number of likely N-dealkylation sites (tertiary alicyclic amines) is 1. The van der Waals surface area contributed by atoms with Gasteiger partial charge in [0.2, 0.25) is 5.88 Å². The number of aromatic amines is 1. The molecule has 1 unspecified atom stereocenters. The van der Waals surface area contributed by atoms with Gasteiger partial charge in [0.05, 0.1) is 29.3 Å². The molecule has 3 heterocycles. The number of pyridine rings is 1. The Morgan fingerprint density at radius 2 is 2.14 bits per heavy atom. The highest BCUT2D eigenvalue weighted by Gasteiger charge is 2.29. The number of carbonyl (C=O) groups is 2. The van der Waals surface area contributed by atoms with Gasteiger partial charge in [-0.25, -0.2) is 9.78 Å². The Hall–Kier alpha value is -3.31. The first-order valence-electron chi connectivity index (χ1n) is 8.77. The molecule has 1 aliphatic heterocycles. The molecule has 9 nitrogen and oxygen atoms in total. The molecule has 0 aromatic carbocycles. The lowest BCUT2D eigenvalue weighted by molar-refractivity contribution is -0.154. The maximum atomic E-state index is 12.5. The number of rotatable bonds is 5. The number of alkyl halides is 3. The van der Waals surface area contributed by atoms with Gasteiger partial charge in [0.1, 0.15) is 0 Å². The van der Waals surface area contributed by atoms with Crippen LogP contribution in [0, 0.1) is 0 Å². The van der Waals surface area contributed by atoms with E-state index in [4.69, 9.17) is 5.73 Å². The van der Waals surface area contributed by atoms with E-state index in [1.165, 1.54) is 24.5 Å². The number of piperidine rings is 1. The number of H-pyrrole nitrogens is 1. The fourth-order valence-corrected chi connectivity index (χ4v) is 3.10. The van der Waals surface area contributed by atoms with E-state index in [0.29, 0.717) is 30.0 Å². The van der Waals surface area contributed by atoms with Crippen LogP contribution in [-0.4, -0.2) is 57.9 Å². The van der Waals surface area contributed by atoms with E-state index < -0.39 is 18.7 Å². The van der Waals surface area contributed by atoms with E-state index in [-0.39, 0.29) is 17.8 Å². The van der Waals surface area contributed by atoms with Crippen molar-refractivity contribution in [2.75, 3.05) is 25.0 Å². The molecule has 4 N–H and O–H groups in total. The van der Waals surface area contributed by atoms with Crippen molar-refractivity contribution in [1.82, 2.24) is 20.1 Å². The average molecular weight is 412 g/mol. The van der Waals surface area contributed by atoms with Crippen molar-refractivity contribution >= 4 is 17.6 Å². The molecule has 1 atom stereocenters. The zero-order valence-electron chi connectivity index (χ0n) is 15.2. The second-order valence-corrected chi connectivity index (χ2v) is 6.57. The predicted molar refractivity (Wildman–Crippen MR) is 95.5 cm³/mol. The molecule has 3 rings (SSSR count). The first-order valence-corrected chi connectivity index (χ1v) is 8.77. The van der Waals surface area contributed by atoms with Gasteiger partial charge in [-0.3, -0.25) is 9.89 Å². The normalized spacial score (nSPS) is 17.1. The predicted octanol–water partition coefficient (Wildman–Crippen LogP) is 2.26. The van der Waals surface area contributed by atoms with Crippen LogP contribution in [-0.2, 0) is 0 Å². The van der Waals surface area contributed by atoms with Crippen molar-refractivity contribution in [3.05, 3.63) is 35.8 Å². The molecule has 0 radical (unpaired) electrons. The summed E-state index contributed by atoms with van der Waals surface area (Å²) in [4.78, 5) is 29.4. The number of carbonyl (C=O) groups excluding carboxylic acids is 2. The van der Waals surface area contributed by atoms with Crippen molar-refractivity contribution in [1.29, 1.82) is 0 Å². The van der Waals surface area contributed by atoms with Crippen molar-refractivity contribution < 1.29 is 27.5 Å². The van der Waals surface area contributed by atoms with E-state index in [1.54, 1.807) is 4.90 Å². The Labute approximate surface area is 163 Å². The largest absolute Gasteiger partial charge is 0.468 e. The second-order valence-electron chi connectivity index (χ2n) is 6.57. The smallest absolute Gasteiger partial charge is 0.422 e. The molecule has 0 bridgehead atoms. The third-order valence-electron chi connectivity index (χ3n) is 4.42. The highest BCUT2D eigenvalue weighted by molar-refractivity contribution is 5.94. The molecule has 1 fully saturated rings. The molecule has 2 aromatic heterocycles. The van der Waals surface area contributed by atoms with Gasteiger partial charge >= 0.3 is 12.2 Å². The number of primary amides is 1. The minimum atomic E-state index is -4.46. The van der Waals surface area contributed by atoms with E-state index in [9.17, 15) is 22.8 Å². The van der Waals surface area contributed by atoms with Gasteiger partial charge in [-0.15, -0.1) is 0 Å². The monoisotopic (exact) mass is 412 g/mol. The summed E-state index contributed by atoms with van der Waals surface area (Å²) in [5.74, 6) is -0.901. The van der Waals surface area contributed by atoms with Gasteiger partial charge in [0, 0.05) is 25.1 Å². The maximum Gasteiger partial charge on any atom is 0.422 e. The number of nitrogens with one attached hydrogen (secondary N) is 2. The quantitative estimate of drug-likeness (QED) is 0.694. The molecular weight excluding hydrogens is 393 g/mol. The van der Waals surface area contributed by atoms with Crippen LogP contribution in [0.25, 0.3) is 0 Å². The van der Waals surface area contributed by atoms with Gasteiger partial charge in [-0.1, -0.05) is 0 Å². The number of anilines is 1. The van der Waals surface area contributed by atoms with E-state index in [2.05, 4.69) is 25.2 Å². The van der Waals surface area contributed by atoms with Crippen LogP contribution in [0.3, 0.4) is 0 Å². The zero-order valence-corrected chi connectivity index (χ0v) is 15.2. The van der Waals surface area contributed by atoms with Gasteiger partial charge in [0.15, 0.2) is 6.61 Å². The number of hydrogen-bond acceptors (Lipinski definition) is 5. The number of urea groups is 1. The van der Waals surface area contributed by atoms with Gasteiger partial charge in [-0.05, 0) is 18.9 Å². The number of hydrogen-bond donors (Lipinski definition) is 3. The summed E-state index contributed by atoms with van der Waals surface area (Å²) < 4.78 is 41.0. The Balaban J connectivity index is 1.59. The SMILES string of the molecule is NC(=O)c1cn[nH]c1C1CCCN(C(=O)Nc2ccc(OCC(F)(F)F)nc2)C1. The zero-order chi connectivity index (χ0) is 21.0. The van der Waals surface area contributed by atoms with Crippen molar-refractivity contribution in [3.63, 3.8) is 0 Å². The highest BCUT2D eigenvalue weighted by Crippen LogP contribution is 2.28. The Morgan fingerprint density at radius 1 is 1.34 bits per heavy atom. The molecule has 0 aliphatic carbocycles. The fourth-order valence-electron chi connectivity index (χ4n) is 3.10. The molecule has 3 amide bonds.